The fraction of sp³-hybridized carbons (Fsp3) is 0.824. The minimum Gasteiger partial charge on any atom is -0.382 e. The fourth-order valence-electron chi connectivity index (χ4n) is 3.16. The number of rotatable bonds is 6. The molecule has 3 rings (SSSR count). The Kier molecular flexibility index (Phi) is 6.17. The van der Waals surface area contributed by atoms with Gasteiger partial charge in [0.2, 0.25) is 0 Å². The summed E-state index contributed by atoms with van der Waals surface area (Å²) in [5.41, 5.74) is 6.50. The van der Waals surface area contributed by atoms with E-state index < -0.39 is 7.60 Å². The van der Waals surface area contributed by atoms with E-state index in [1.54, 1.807) is 0 Å². The maximum absolute atomic E-state index is 12.9. The van der Waals surface area contributed by atoms with Crippen molar-refractivity contribution in [1.29, 1.82) is 0 Å². The van der Waals surface area contributed by atoms with E-state index in [0.717, 1.165) is 6.42 Å². The number of fused-ring (bicyclic) bond motifs is 1. The van der Waals surface area contributed by atoms with Crippen LogP contribution in [0.25, 0.3) is 0 Å². The summed E-state index contributed by atoms with van der Waals surface area (Å²) in [6.45, 7) is 10.3. The number of hydrogen-bond donors (Lipinski definition) is 1. The van der Waals surface area contributed by atoms with Crippen molar-refractivity contribution < 1.29 is 18.3 Å². The molecule has 1 saturated heterocycles. The first-order valence-electron chi connectivity index (χ1n) is 9.36. The summed E-state index contributed by atoms with van der Waals surface area (Å²) in [4.78, 5) is 14.7. The van der Waals surface area contributed by atoms with E-state index in [9.17, 15) is 4.57 Å². The summed E-state index contributed by atoms with van der Waals surface area (Å²) in [6, 6.07) is 0. The predicted molar refractivity (Wildman–Crippen MR) is 105 cm³/mol. The number of nitrogens with two attached hydrogens (primary N) is 1. The zero-order chi connectivity index (χ0) is 19.7. The lowest BCUT2D eigenvalue weighted by Gasteiger charge is -2.31. The molecule has 1 fully saturated rings. The van der Waals surface area contributed by atoms with Gasteiger partial charge in [0.1, 0.15) is 24.2 Å². The Hall–Kier alpha value is -1.12. The molecule has 0 aromatic carbocycles. The largest absolute Gasteiger partial charge is 0.382 e. The molecule has 3 aliphatic heterocycles. The molecule has 3 unspecified atom stereocenters. The average Bonchev–Trinajstić information content (AvgIpc) is 2.95. The molecule has 4 atom stereocenters. The summed E-state index contributed by atoms with van der Waals surface area (Å²) in [6.07, 6.45) is 1.82. The fourth-order valence-corrected chi connectivity index (χ4v) is 4.69. The number of aliphatic imine (C=N–C) groups is 3. The molecule has 0 aromatic rings. The molecule has 2 N–H and O–H groups in total. The van der Waals surface area contributed by atoms with Crippen molar-refractivity contribution in [1.82, 2.24) is 4.90 Å². The SMILES string of the molecule is CC(C)C1(C)CCOP(=O)(CO[C@H](C)CN2CN=C3C(N)=NC=NC32)OC1. The van der Waals surface area contributed by atoms with Crippen LogP contribution in [0.2, 0.25) is 0 Å². The van der Waals surface area contributed by atoms with Gasteiger partial charge in [-0.05, 0) is 24.7 Å². The maximum atomic E-state index is 12.9. The zero-order valence-electron chi connectivity index (χ0n) is 16.5. The van der Waals surface area contributed by atoms with Crippen molar-refractivity contribution in [2.24, 2.45) is 32.0 Å². The van der Waals surface area contributed by atoms with Gasteiger partial charge < -0.3 is 19.5 Å². The average molecular weight is 399 g/mol. The number of ether oxygens (including phenoxy) is 1. The van der Waals surface area contributed by atoms with Crippen LogP contribution in [-0.4, -0.2) is 67.8 Å². The zero-order valence-corrected chi connectivity index (χ0v) is 17.4. The Morgan fingerprint density at radius 1 is 1.44 bits per heavy atom. The number of amidine groups is 1. The topological polar surface area (TPSA) is 111 Å². The van der Waals surface area contributed by atoms with Gasteiger partial charge in [-0.2, -0.15) is 0 Å². The Bertz CT molecular complexity index is 695. The summed E-state index contributed by atoms with van der Waals surface area (Å²) in [7, 11) is -3.25. The second kappa shape index (κ2) is 8.09. The van der Waals surface area contributed by atoms with Crippen LogP contribution in [-0.2, 0) is 18.3 Å². The molecule has 0 bridgehead atoms. The third-order valence-electron chi connectivity index (χ3n) is 5.64. The van der Waals surface area contributed by atoms with Crippen LogP contribution in [0.15, 0.2) is 15.0 Å². The lowest BCUT2D eigenvalue weighted by atomic mass is 9.77. The van der Waals surface area contributed by atoms with E-state index in [0.29, 0.717) is 43.9 Å². The first kappa shape index (κ1) is 20.6. The van der Waals surface area contributed by atoms with E-state index in [2.05, 4.69) is 35.7 Å². The van der Waals surface area contributed by atoms with Gasteiger partial charge in [0.15, 0.2) is 6.17 Å². The van der Waals surface area contributed by atoms with Crippen LogP contribution in [0.3, 0.4) is 0 Å². The molecule has 10 heteroatoms. The highest BCUT2D eigenvalue weighted by Crippen LogP contribution is 2.53. The Balaban J connectivity index is 1.49. The van der Waals surface area contributed by atoms with E-state index in [1.807, 2.05) is 11.8 Å². The van der Waals surface area contributed by atoms with Gasteiger partial charge in [0.25, 0.3) is 0 Å². The standard InChI is InChI=1S/C17H30N5O4P/c1-12(2)17(4)5-6-25-27(23,26-8-17)11-24-13(3)7-22-10-21-14-15(18)19-9-20-16(14)22/h9,12-13,16H,5-8,10-11H2,1-4H3,(H2,18,19,20)/t13-,16?,17?,27?/m1/s1. The molecule has 3 aliphatic rings. The van der Waals surface area contributed by atoms with E-state index in [1.165, 1.54) is 6.34 Å². The normalized spacial score (nSPS) is 35.5. The van der Waals surface area contributed by atoms with Gasteiger partial charge in [-0.1, -0.05) is 20.8 Å². The van der Waals surface area contributed by atoms with Crippen molar-refractivity contribution in [3.63, 3.8) is 0 Å². The van der Waals surface area contributed by atoms with Crippen LogP contribution in [0, 0.1) is 11.3 Å². The molecule has 0 aromatic heterocycles. The Morgan fingerprint density at radius 2 is 2.22 bits per heavy atom. The molecule has 3 heterocycles. The maximum Gasteiger partial charge on any atom is 0.356 e. The lowest BCUT2D eigenvalue weighted by Crippen LogP contribution is -2.44. The molecule has 0 amide bonds. The second-order valence-electron chi connectivity index (χ2n) is 7.99. The minimum atomic E-state index is -3.25. The van der Waals surface area contributed by atoms with Gasteiger partial charge in [0, 0.05) is 6.54 Å². The molecule has 27 heavy (non-hydrogen) atoms. The number of hydrogen-bond acceptors (Lipinski definition) is 9. The molecule has 0 saturated carbocycles. The van der Waals surface area contributed by atoms with E-state index in [-0.39, 0.29) is 24.0 Å². The van der Waals surface area contributed by atoms with Gasteiger partial charge in [-0.3, -0.25) is 14.5 Å². The van der Waals surface area contributed by atoms with Crippen molar-refractivity contribution >= 4 is 25.5 Å². The molecule has 0 aliphatic carbocycles. The Labute approximate surface area is 160 Å². The summed E-state index contributed by atoms with van der Waals surface area (Å²) >= 11 is 0. The summed E-state index contributed by atoms with van der Waals surface area (Å²) in [5, 5.41) is 0. The monoisotopic (exact) mass is 399 g/mol. The quantitative estimate of drug-likeness (QED) is 0.685. The second-order valence-corrected chi connectivity index (χ2v) is 9.99. The molecule has 152 valence electrons. The van der Waals surface area contributed by atoms with Crippen molar-refractivity contribution in [3.05, 3.63) is 0 Å². The van der Waals surface area contributed by atoms with Crippen LogP contribution < -0.4 is 5.73 Å². The third-order valence-corrected chi connectivity index (χ3v) is 7.20. The third kappa shape index (κ3) is 4.66. The van der Waals surface area contributed by atoms with Gasteiger partial charge >= 0.3 is 7.60 Å². The van der Waals surface area contributed by atoms with Gasteiger partial charge in [-0.15, -0.1) is 0 Å². The van der Waals surface area contributed by atoms with E-state index in [4.69, 9.17) is 19.5 Å². The van der Waals surface area contributed by atoms with Crippen molar-refractivity contribution in [2.45, 2.75) is 46.4 Å². The van der Waals surface area contributed by atoms with Crippen LogP contribution in [0.4, 0.5) is 0 Å². The molecular weight excluding hydrogens is 369 g/mol. The number of nitrogens with zero attached hydrogens (tertiary/aromatic N) is 4. The first-order chi connectivity index (χ1) is 12.7. The lowest BCUT2D eigenvalue weighted by molar-refractivity contribution is 0.0476. The summed E-state index contributed by atoms with van der Waals surface area (Å²) < 4.78 is 30.0. The van der Waals surface area contributed by atoms with Gasteiger partial charge in [-0.25, -0.2) is 9.98 Å². The van der Waals surface area contributed by atoms with E-state index >= 15 is 0 Å². The van der Waals surface area contributed by atoms with Crippen LogP contribution in [0.5, 0.6) is 0 Å². The smallest absolute Gasteiger partial charge is 0.356 e. The first-order valence-corrected chi connectivity index (χ1v) is 11.1. The molecular formula is C17H30N5O4P. The van der Waals surface area contributed by atoms with Gasteiger partial charge in [0.05, 0.1) is 26.0 Å². The molecule has 0 spiro atoms. The highest BCUT2D eigenvalue weighted by Gasteiger charge is 2.39. The minimum absolute atomic E-state index is 0.0401. The Morgan fingerprint density at radius 3 is 2.96 bits per heavy atom. The van der Waals surface area contributed by atoms with Crippen molar-refractivity contribution in [3.8, 4) is 0 Å². The molecule has 9 nitrogen and oxygen atoms in total. The van der Waals surface area contributed by atoms with Crippen LogP contribution >= 0.6 is 7.60 Å². The molecule has 0 radical (unpaired) electrons. The highest BCUT2D eigenvalue weighted by molar-refractivity contribution is 7.53. The van der Waals surface area contributed by atoms with Crippen molar-refractivity contribution in [2.75, 3.05) is 32.8 Å². The predicted octanol–water partition coefficient (Wildman–Crippen LogP) is 2.08. The van der Waals surface area contributed by atoms with Crippen LogP contribution in [0.1, 0.15) is 34.1 Å². The summed E-state index contributed by atoms with van der Waals surface area (Å²) in [5.74, 6) is 0.827. The highest BCUT2D eigenvalue weighted by atomic mass is 31.2.